The van der Waals surface area contributed by atoms with Crippen LogP contribution in [-0.2, 0) is 14.3 Å². The number of rotatable bonds is 1. The number of hydrogen-bond acceptors (Lipinski definition) is 5. The molecule has 2 amide bonds. The zero-order valence-electron chi connectivity index (χ0n) is 16.8. The van der Waals surface area contributed by atoms with Crippen molar-refractivity contribution in [1.29, 1.82) is 0 Å². The van der Waals surface area contributed by atoms with Crippen LogP contribution in [0.2, 0.25) is 0 Å². The molecule has 26 heavy (non-hydrogen) atoms. The molecule has 1 aliphatic carbocycles. The van der Waals surface area contributed by atoms with Gasteiger partial charge in [0, 0.05) is 37.4 Å². The molecular formula is C19H32N2O5. The quantitative estimate of drug-likeness (QED) is 0.768. The van der Waals surface area contributed by atoms with Crippen molar-refractivity contribution < 1.29 is 23.9 Å². The lowest BCUT2D eigenvalue weighted by Crippen LogP contribution is -2.52. The van der Waals surface area contributed by atoms with Gasteiger partial charge < -0.3 is 19.7 Å². The minimum absolute atomic E-state index is 0.150. The van der Waals surface area contributed by atoms with Gasteiger partial charge >= 0.3 is 12.2 Å². The van der Waals surface area contributed by atoms with Crippen molar-refractivity contribution in [2.45, 2.75) is 84.5 Å². The van der Waals surface area contributed by atoms with E-state index in [9.17, 15) is 14.4 Å². The highest BCUT2D eigenvalue weighted by atomic mass is 16.6. The zero-order valence-corrected chi connectivity index (χ0v) is 16.8. The van der Waals surface area contributed by atoms with Gasteiger partial charge in [-0.3, -0.25) is 4.79 Å². The van der Waals surface area contributed by atoms with Crippen molar-refractivity contribution in [1.82, 2.24) is 10.2 Å². The van der Waals surface area contributed by atoms with Crippen LogP contribution in [0.5, 0.6) is 0 Å². The first-order valence-electron chi connectivity index (χ1n) is 9.29. The van der Waals surface area contributed by atoms with E-state index in [-0.39, 0.29) is 23.3 Å². The molecule has 2 fully saturated rings. The lowest BCUT2D eigenvalue weighted by Gasteiger charge is -2.42. The fourth-order valence-corrected chi connectivity index (χ4v) is 3.67. The van der Waals surface area contributed by atoms with E-state index >= 15 is 0 Å². The molecule has 148 valence electrons. The number of hydrogen-bond donors (Lipinski definition) is 1. The molecule has 1 atom stereocenters. The second-order valence-corrected chi connectivity index (χ2v) is 9.45. The van der Waals surface area contributed by atoms with E-state index in [1.54, 1.807) is 4.90 Å². The van der Waals surface area contributed by atoms with Crippen LogP contribution >= 0.6 is 0 Å². The Hall–Kier alpha value is -1.79. The van der Waals surface area contributed by atoms with Gasteiger partial charge in [0.05, 0.1) is 0 Å². The van der Waals surface area contributed by atoms with Gasteiger partial charge in [0.2, 0.25) is 0 Å². The van der Waals surface area contributed by atoms with Crippen molar-refractivity contribution >= 4 is 18.0 Å². The normalized spacial score (nSPS) is 23.1. The lowest BCUT2D eigenvalue weighted by molar-refractivity contribution is -0.118. The topological polar surface area (TPSA) is 84.9 Å². The Bertz CT molecular complexity index is 565. The number of carbonyl (C=O) groups is 3. The summed E-state index contributed by atoms with van der Waals surface area (Å²) in [5.74, 6) is 0.150. The second-order valence-electron chi connectivity index (χ2n) is 9.45. The number of carbonyl (C=O) groups excluding carboxylic acids is 3. The Labute approximate surface area is 155 Å². The van der Waals surface area contributed by atoms with Crippen LogP contribution in [0.3, 0.4) is 0 Å². The fraction of sp³-hybridized carbons (Fsp3) is 0.842. The summed E-state index contributed by atoms with van der Waals surface area (Å²) in [4.78, 5) is 38.2. The summed E-state index contributed by atoms with van der Waals surface area (Å²) < 4.78 is 10.8. The maximum atomic E-state index is 12.2. The number of amides is 2. The Morgan fingerprint density at radius 3 is 2.08 bits per heavy atom. The third kappa shape index (κ3) is 5.35. The number of nitrogens with zero attached hydrogens (tertiary/aromatic N) is 1. The molecule has 1 aliphatic heterocycles. The standard InChI is InChI=1S/C19H32N2O5/c1-17(2,3)25-15(23)20-14-11-13(22)12-19(14)7-9-21(10-8-19)16(24)26-18(4,5)6/h14H,7-12H2,1-6H3,(H,20,23)/t14-/m1/s1. The van der Waals surface area contributed by atoms with Crippen LogP contribution in [0.15, 0.2) is 0 Å². The second kappa shape index (κ2) is 7.08. The molecule has 1 saturated carbocycles. The smallest absolute Gasteiger partial charge is 0.410 e. The van der Waals surface area contributed by atoms with E-state index in [1.807, 2.05) is 41.5 Å². The van der Waals surface area contributed by atoms with Crippen LogP contribution in [0.25, 0.3) is 0 Å². The third-order valence-corrected chi connectivity index (χ3v) is 4.82. The number of alkyl carbamates (subject to hydrolysis) is 1. The zero-order chi connectivity index (χ0) is 19.8. The maximum Gasteiger partial charge on any atom is 0.410 e. The monoisotopic (exact) mass is 368 g/mol. The largest absolute Gasteiger partial charge is 0.444 e. The molecule has 1 heterocycles. The summed E-state index contributed by atoms with van der Waals surface area (Å²) in [5.41, 5.74) is -1.41. The highest BCUT2D eigenvalue weighted by molar-refractivity contribution is 5.84. The van der Waals surface area contributed by atoms with Crippen LogP contribution in [0, 0.1) is 5.41 Å². The number of ether oxygens (including phenoxy) is 2. The molecule has 7 nitrogen and oxygen atoms in total. The van der Waals surface area contributed by atoms with E-state index in [4.69, 9.17) is 9.47 Å². The molecule has 1 spiro atoms. The SMILES string of the molecule is CC(C)(C)OC(=O)N[C@@H]1CC(=O)CC12CCN(C(=O)OC(C)(C)C)CC2. The molecule has 7 heteroatoms. The number of Topliss-reactive ketones (excluding diaryl/α,β-unsaturated/α-hetero) is 1. The van der Waals surface area contributed by atoms with Crippen molar-refractivity contribution in [3.8, 4) is 0 Å². The molecule has 0 aromatic rings. The van der Waals surface area contributed by atoms with Gasteiger partial charge in [0.15, 0.2) is 0 Å². The van der Waals surface area contributed by atoms with Crippen LogP contribution < -0.4 is 5.32 Å². The molecule has 1 N–H and O–H groups in total. The Morgan fingerprint density at radius 1 is 1.04 bits per heavy atom. The molecule has 1 saturated heterocycles. The number of nitrogens with one attached hydrogen (secondary N) is 1. The van der Waals surface area contributed by atoms with Crippen LogP contribution in [-0.4, -0.2) is 53.2 Å². The lowest BCUT2D eigenvalue weighted by atomic mass is 9.74. The van der Waals surface area contributed by atoms with Crippen molar-refractivity contribution in [2.24, 2.45) is 5.41 Å². The van der Waals surface area contributed by atoms with Crippen molar-refractivity contribution in [2.75, 3.05) is 13.1 Å². The molecule has 0 aromatic carbocycles. The predicted molar refractivity (Wildman–Crippen MR) is 96.9 cm³/mol. The Morgan fingerprint density at radius 2 is 1.58 bits per heavy atom. The molecule has 0 bridgehead atoms. The molecule has 0 radical (unpaired) electrons. The Kier molecular flexibility index (Phi) is 5.59. The van der Waals surface area contributed by atoms with Gasteiger partial charge in [-0.05, 0) is 54.4 Å². The first-order valence-corrected chi connectivity index (χ1v) is 9.29. The minimum Gasteiger partial charge on any atom is -0.444 e. The van der Waals surface area contributed by atoms with E-state index < -0.39 is 17.3 Å². The predicted octanol–water partition coefficient (Wildman–Crippen LogP) is 3.26. The summed E-state index contributed by atoms with van der Waals surface area (Å²) in [7, 11) is 0. The minimum atomic E-state index is -0.583. The van der Waals surface area contributed by atoms with Crippen LogP contribution in [0.4, 0.5) is 9.59 Å². The highest BCUT2D eigenvalue weighted by Gasteiger charge is 2.50. The average molecular weight is 368 g/mol. The first-order chi connectivity index (χ1) is 11.8. The van der Waals surface area contributed by atoms with Crippen LogP contribution in [0.1, 0.15) is 67.2 Å². The average Bonchev–Trinajstić information content (AvgIpc) is 2.71. The maximum absolute atomic E-state index is 12.2. The molecule has 2 rings (SSSR count). The van der Waals surface area contributed by atoms with E-state index in [1.165, 1.54) is 0 Å². The number of ketones is 1. The van der Waals surface area contributed by atoms with Crippen molar-refractivity contribution in [3.63, 3.8) is 0 Å². The van der Waals surface area contributed by atoms with E-state index in [0.717, 1.165) is 0 Å². The van der Waals surface area contributed by atoms with Crippen molar-refractivity contribution in [3.05, 3.63) is 0 Å². The summed E-state index contributed by atoms with van der Waals surface area (Å²) in [6, 6.07) is -0.245. The van der Waals surface area contributed by atoms with Gasteiger partial charge in [0.1, 0.15) is 17.0 Å². The molecular weight excluding hydrogens is 336 g/mol. The summed E-state index contributed by atoms with van der Waals surface area (Å²) in [6.45, 7) is 12.0. The molecule has 2 aliphatic rings. The number of likely N-dealkylation sites (tertiary alicyclic amines) is 1. The first kappa shape index (κ1) is 20.5. The molecule has 0 aromatic heterocycles. The van der Waals surface area contributed by atoms with E-state index in [2.05, 4.69) is 5.32 Å². The number of piperidine rings is 1. The summed E-state index contributed by atoms with van der Waals surface area (Å²) >= 11 is 0. The molecule has 0 unspecified atom stereocenters. The summed E-state index contributed by atoms with van der Waals surface area (Å²) in [5, 5.41) is 2.89. The van der Waals surface area contributed by atoms with Gasteiger partial charge in [-0.2, -0.15) is 0 Å². The highest BCUT2D eigenvalue weighted by Crippen LogP contribution is 2.45. The van der Waals surface area contributed by atoms with E-state index in [0.29, 0.717) is 38.8 Å². The van der Waals surface area contributed by atoms with Gasteiger partial charge in [0.25, 0.3) is 0 Å². The fourth-order valence-electron chi connectivity index (χ4n) is 3.67. The third-order valence-electron chi connectivity index (χ3n) is 4.82. The Balaban J connectivity index is 1.99. The van der Waals surface area contributed by atoms with Gasteiger partial charge in [-0.1, -0.05) is 0 Å². The summed E-state index contributed by atoms with van der Waals surface area (Å²) in [6.07, 6.45) is 1.28. The van der Waals surface area contributed by atoms with Gasteiger partial charge in [-0.15, -0.1) is 0 Å². The van der Waals surface area contributed by atoms with Gasteiger partial charge in [-0.25, -0.2) is 9.59 Å².